The summed E-state index contributed by atoms with van der Waals surface area (Å²) in [5, 5.41) is 20.9. The number of hydrogen-bond donors (Lipinski definition) is 4. The molecule has 0 spiro atoms. The fourth-order valence-corrected chi connectivity index (χ4v) is 4.96. The van der Waals surface area contributed by atoms with Gasteiger partial charge in [-0.25, -0.2) is 0 Å². The molecule has 0 saturated heterocycles. The Morgan fingerprint density at radius 1 is 0.700 bits per heavy atom. The molecule has 210 valence electrons. The molecule has 0 bridgehead atoms. The van der Waals surface area contributed by atoms with Crippen molar-refractivity contribution in [2.45, 2.75) is 32.3 Å². The van der Waals surface area contributed by atoms with E-state index in [0.717, 1.165) is 72.9 Å². The summed E-state index contributed by atoms with van der Waals surface area (Å²) in [5.41, 5.74) is 5.55. The highest BCUT2D eigenvalue weighted by molar-refractivity contribution is 14.1. The van der Waals surface area contributed by atoms with Gasteiger partial charge >= 0.3 is 0 Å². The van der Waals surface area contributed by atoms with Crippen molar-refractivity contribution < 1.29 is 5.11 Å². The first kappa shape index (κ1) is 30.2. The SMILES string of the molecule is OC(CNCc1ccc(CN(CCNCc2ccccn2)CCNCc2ccccn2)cc1)c1cccc(I)c1. The van der Waals surface area contributed by atoms with E-state index in [9.17, 15) is 5.11 Å². The van der Waals surface area contributed by atoms with E-state index in [0.29, 0.717) is 6.54 Å². The second-order valence-corrected chi connectivity index (χ2v) is 11.0. The third-order valence-electron chi connectivity index (χ3n) is 6.60. The zero-order valence-corrected chi connectivity index (χ0v) is 25.0. The van der Waals surface area contributed by atoms with Gasteiger partial charge in [-0.2, -0.15) is 0 Å². The normalized spacial score (nSPS) is 12.1. The van der Waals surface area contributed by atoms with Gasteiger partial charge in [-0.3, -0.25) is 14.9 Å². The third-order valence-corrected chi connectivity index (χ3v) is 7.27. The Morgan fingerprint density at radius 2 is 1.32 bits per heavy atom. The summed E-state index contributed by atoms with van der Waals surface area (Å²) in [4.78, 5) is 11.3. The summed E-state index contributed by atoms with van der Waals surface area (Å²) in [6.45, 7) is 7.33. The molecule has 2 aromatic heterocycles. The van der Waals surface area contributed by atoms with Gasteiger partial charge in [0.05, 0.1) is 17.5 Å². The van der Waals surface area contributed by atoms with Crippen LogP contribution >= 0.6 is 22.6 Å². The molecule has 0 saturated carbocycles. The Kier molecular flexibility index (Phi) is 13.0. The average molecular weight is 651 g/mol. The predicted molar refractivity (Wildman–Crippen MR) is 169 cm³/mol. The molecule has 0 fully saturated rings. The van der Waals surface area contributed by atoms with Gasteiger partial charge in [0.1, 0.15) is 0 Å². The lowest BCUT2D eigenvalue weighted by molar-refractivity contribution is 0.174. The molecule has 0 aliphatic rings. The molecule has 0 amide bonds. The van der Waals surface area contributed by atoms with Crippen molar-refractivity contribution in [3.8, 4) is 0 Å². The van der Waals surface area contributed by atoms with Gasteiger partial charge < -0.3 is 21.1 Å². The van der Waals surface area contributed by atoms with E-state index in [1.54, 1.807) is 0 Å². The Balaban J connectivity index is 1.23. The number of nitrogens with one attached hydrogen (secondary N) is 3. The molecule has 1 unspecified atom stereocenters. The summed E-state index contributed by atoms with van der Waals surface area (Å²) in [5.74, 6) is 0. The minimum absolute atomic E-state index is 0.514. The number of aliphatic hydroxyl groups excluding tert-OH is 1. The Morgan fingerprint density at radius 3 is 1.90 bits per heavy atom. The van der Waals surface area contributed by atoms with Crippen LogP contribution in [0, 0.1) is 3.57 Å². The molecule has 0 radical (unpaired) electrons. The Labute approximate surface area is 251 Å². The van der Waals surface area contributed by atoms with E-state index >= 15 is 0 Å². The van der Waals surface area contributed by atoms with Crippen molar-refractivity contribution in [1.82, 2.24) is 30.8 Å². The molecule has 0 aliphatic heterocycles. The largest absolute Gasteiger partial charge is 0.387 e. The number of rotatable bonds is 17. The number of hydrogen-bond acceptors (Lipinski definition) is 7. The number of aliphatic hydroxyl groups is 1. The quantitative estimate of drug-likeness (QED) is 0.100. The minimum Gasteiger partial charge on any atom is -0.387 e. The molecule has 7 nitrogen and oxygen atoms in total. The van der Waals surface area contributed by atoms with Gasteiger partial charge in [-0.1, -0.05) is 48.5 Å². The van der Waals surface area contributed by atoms with Gasteiger partial charge in [0.2, 0.25) is 0 Å². The van der Waals surface area contributed by atoms with Crippen LogP contribution in [-0.4, -0.2) is 52.7 Å². The number of benzene rings is 2. The topological polar surface area (TPSA) is 85.3 Å². The first-order chi connectivity index (χ1) is 19.7. The Bertz CT molecular complexity index is 1200. The van der Waals surface area contributed by atoms with E-state index in [-0.39, 0.29) is 0 Å². The number of nitrogens with zero attached hydrogens (tertiary/aromatic N) is 3. The maximum atomic E-state index is 10.5. The van der Waals surface area contributed by atoms with Gasteiger partial charge in [-0.15, -0.1) is 0 Å². The standard InChI is InChI=1S/C32H39IN6O/c33-29-7-5-6-28(20-29)32(40)24-36-21-26-10-12-27(13-11-26)25-39(18-16-34-22-30-8-1-3-14-37-30)19-17-35-23-31-9-2-4-15-38-31/h1-15,20,32,34-36,40H,16-19,21-25H2. The van der Waals surface area contributed by atoms with E-state index in [2.05, 4.69) is 77.7 Å². The number of pyridine rings is 2. The van der Waals surface area contributed by atoms with Crippen LogP contribution in [0.3, 0.4) is 0 Å². The van der Waals surface area contributed by atoms with Crippen LogP contribution in [-0.2, 0) is 26.2 Å². The average Bonchev–Trinajstić information content (AvgIpc) is 2.99. The second kappa shape index (κ2) is 17.2. The van der Waals surface area contributed by atoms with Crippen molar-refractivity contribution in [3.63, 3.8) is 0 Å². The molecule has 40 heavy (non-hydrogen) atoms. The van der Waals surface area contributed by atoms with E-state index in [1.165, 1.54) is 11.1 Å². The molecular formula is C32H39IN6O. The van der Waals surface area contributed by atoms with Gasteiger partial charge in [0, 0.05) is 74.9 Å². The minimum atomic E-state index is -0.514. The molecule has 2 aromatic carbocycles. The molecule has 4 rings (SSSR count). The summed E-state index contributed by atoms with van der Waals surface area (Å²) < 4.78 is 1.13. The summed E-state index contributed by atoms with van der Waals surface area (Å²) in [6.07, 6.45) is 3.16. The molecule has 2 heterocycles. The van der Waals surface area contributed by atoms with Crippen LogP contribution in [0.25, 0.3) is 0 Å². The molecular weight excluding hydrogens is 611 g/mol. The van der Waals surface area contributed by atoms with E-state index in [1.807, 2.05) is 73.1 Å². The number of aromatic nitrogens is 2. The van der Waals surface area contributed by atoms with Crippen LogP contribution in [0.4, 0.5) is 0 Å². The predicted octanol–water partition coefficient (Wildman–Crippen LogP) is 4.29. The van der Waals surface area contributed by atoms with E-state index in [4.69, 9.17) is 0 Å². The zero-order chi connectivity index (χ0) is 27.8. The highest BCUT2D eigenvalue weighted by atomic mass is 127. The van der Waals surface area contributed by atoms with Crippen LogP contribution in [0.5, 0.6) is 0 Å². The lowest BCUT2D eigenvalue weighted by Gasteiger charge is -2.23. The van der Waals surface area contributed by atoms with Crippen LogP contribution in [0.15, 0.2) is 97.3 Å². The van der Waals surface area contributed by atoms with Crippen molar-refractivity contribution >= 4 is 22.6 Å². The Hall–Kier alpha value is -2.73. The lowest BCUT2D eigenvalue weighted by atomic mass is 10.1. The van der Waals surface area contributed by atoms with Crippen molar-refractivity contribution in [2.24, 2.45) is 0 Å². The zero-order valence-electron chi connectivity index (χ0n) is 22.8. The smallest absolute Gasteiger partial charge is 0.0914 e. The number of halogens is 1. The van der Waals surface area contributed by atoms with E-state index < -0.39 is 6.10 Å². The first-order valence-corrected chi connectivity index (χ1v) is 14.9. The first-order valence-electron chi connectivity index (χ1n) is 13.8. The fourth-order valence-electron chi connectivity index (χ4n) is 4.39. The molecule has 8 heteroatoms. The van der Waals surface area contributed by atoms with Crippen LogP contribution in [0.2, 0.25) is 0 Å². The summed E-state index contributed by atoms with van der Waals surface area (Å²) in [7, 11) is 0. The highest BCUT2D eigenvalue weighted by Crippen LogP contribution is 2.15. The third kappa shape index (κ3) is 11.0. The second-order valence-electron chi connectivity index (χ2n) is 9.79. The fraction of sp³-hybridized carbons (Fsp3) is 0.312. The van der Waals surface area contributed by atoms with Crippen LogP contribution in [0.1, 0.15) is 34.2 Å². The summed E-state index contributed by atoms with van der Waals surface area (Å²) >= 11 is 2.27. The molecule has 4 N–H and O–H groups in total. The van der Waals surface area contributed by atoms with Gasteiger partial charge in [0.25, 0.3) is 0 Å². The summed E-state index contributed by atoms with van der Waals surface area (Å²) in [6, 6.07) is 28.8. The van der Waals surface area contributed by atoms with Gasteiger partial charge in [-0.05, 0) is 75.7 Å². The van der Waals surface area contributed by atoms with Crippen molar-refractivity contribution in [2.75, 3.05) is 32.7 Å². The van der Waals surface area contributed by atoms with Crippen molar-refractivity contribution in [1.29, 1.82) is 0 Å². The molecule has 4 aromatic rings. The highest BCUT2D eigenvalue weighted by Gasteiger charge is 2.09. The monoisotopic (exact) mass is 650 g/mol. The van der Waals surface area contributed by atoms with Gasteiger partial charge in [0.15, 0.2) is 0 Å². The lowest BCUT2D eigenvalue weighted by Crippen LogP contribution is -2.36. The molecule has 1 atom stereocenters. The van der Waals surface area contributed by atoms with Crippen molar-refractivity contribution in [3.05, 3.63) is 129 Å². The molecule has 0 aliphatic carbocycles. The van der Waals surface area contributed by atoms with Crippen LogP contribution < -0.4 is 16.0 Å². The maximum Gasteiger partial charge on any atom is 0.0914 e. The maximum absolute atomic E-state index is 10.5.